The number of nitrogens with two attached hydrogens (primary N) is 1. The highest BCUT2D eigenvalue weighted by Gasteiger charge is 2.32. The molecule has 0 spiro atoms. The summed E-state index contributed by atoms with van der Waals surface area (Å²) >= 11 is 0. The number of halogens is 3. The minimum Gasteiger partial charge on any atom is -0.405 e. The molecule has 0 aromatic heterocycles. The third kappa shape index (κ3) is 5.11. The molecular weight excluding hydrogens is 279 g/mol. The molecule has 0 bridgehead atoms. The summed E-state index contributed by atoms with van der Waals surface area (Å²) in [5, 5.41) is 0. The second-order valence-corrected chi connectivity index (χ2v) is 3.95. The SMILES string of the molecule is CC.NCc1ccc(-c2ccccc2OC(F)(F)F)cc1. The first kappa shape index (κ1) is 17.0. The van der Waals surface area contributed by atoms with Crippen molar-refractivity contribution in [2.45, 2.75) is 26.8 Å². The van der Waals surface area contributed by atoms with Crippen LogP contribution in [0.25, 0.3) is 11.1 Å². The molecule has 0 aliphatic rings. The second kappa shape index (κ2) is 7.69. The predicted octanol–water partition coefficient (Wildman–Crippen LogP) is 4.74. The van der Waals surface area contributed by atoms with Gasteiger partial charge in [-0.25, -0.2) is 0 Å². The van der Waals surface area contributed by atoms with Crippen molar-refractivity contribution in [3.05, 3.63) is 54.1 Å². The molecule has 21 heavy (non-hydrogen) atoms. The van der Waals surface area contributed by atoms with Crippen LogP contribution < -0.4 is 10.5 Å². The topological polar surface area (TPSA) is 35.2 Å². The molecule has 2 aromatic carbocycles. The monoisotopic (exact) mass is 297 g/mol. The van der Waals surface area contributed by atoms with Gasteiger partial charge in [0.15, 0.2) is 0 Å². The minimum absolute atomic E-state index is 0.213. The van der Waals surface area contributed by atoms with Gasteiger partial charge in [0.2, 0.25) is 0 Å². The van der Waals surface area contributed by atoms with Crippen molar-refractivity contribution in [1.82, 2.24) is 0 Å². The molecule has 0 fully saturated rings. The summed E-state index contributed by atoms with van der Waals surface area (Å²) in [4.78, 5) is 0. The quantitative estimate of drug-likeness (QED) is 0.888. The maximum absolute atomic E-state index is 12.3. The molecule has 0 atom stereocenters. The lowest BCUT2D eigenvalue weighted by atomic mass is 10.0. The molecule has 2 N–H and O–H groups in total. The van der Waals surface area contributed by atoms with Crippen molar-refractivity contribution < 1.29 is 17.9 Å². The summed E-state index contributed by atoms with van der Waals surface area (Å²) in [5.74, 6) is -0.213. The van der Waals surface area contributed by atoms with Crippen LogP contribution in [-0.4, -0.2) is 6.36 Å². The van der Waals surface area contributed by atoms with Gasteiger partial charge >= 0.3 is 6.36 Å². The van der Waals surface area contributed by atoms with Gasteiger partial charge in [0.25, 0.3) is 0 Å². The van der Waals surface area contributed by atoms with Crippen LogP contribution in [0.15, 0.2) is 48.5 Å². The average Bonchev–Trinajstić information content (AvgIpc) is 2.48. The van der Waals surface area contributed by atoms with Crippen LogP contribution in [-0.2, 0) is 6.54 Å². The van der Waals surface area contributed by atoms with Gasteiger partial charge in [-0.05, 0) is 17.2 Å². The van der Waals surface area contributed by atoms with Gasteiger partial charge in [0, 0.05) is 12.1 Å². The lowest BCUT2D eigenvalue weighted by molar-refractivity contribution is -0.274. The Labute approximate surface area is 122 Å². The molecule has 0 saturated carbocycles. The van der Waals surface area contributed by atoms with E-state index in [9.17, 15) is 13.2 Å². The minimum atomic E-state index is -4.70. The van der Waals surface area contributed by atoms with Crippen LogP contribution in [0.4, 0.5) is 13.2 Å². The lowest BCUT2D eigenvalue weighted by Crippen LogP contribution is -2.17. The molecule has 0 heterocycles. The van der Waals surface area contributed by atoms with E-state index in [0.29, 0.717) is 17.7 Å². The van der Waals surface area contributed by atoms with E-state index in [1.807, 2.05) is 13.8 Å². The fraction of sp³-hybridized carbons (Fsp3) is 0.250. The van der Waals surface area contributed by atoms with Gasteiger partial charge in [-0.3, -0.25) is 0 Å². The average molecular weight is 297 g/mol. The molecule has 0 saturated heterocycles. The van der Waals surface area contributed by atoms with Gasteiger partial charge in [-0.15, -0.1) is 13.2 Å². The molecule has 0 amide bonds. The molecule has 0 aliphatic carbocycles. The van der Waals surface area contributed by atoms with E-state index >= 15 is 0 Å². The second-order valence-electron chi connectivity index (χ2n) is 3.95. The van der Waals surface area contributed by atoms with E-state index in [4.69, 9.17) is 5.73 Å². The zero-order valence-corrected chi connectivity index (χ0v) is 11.9. The largest absolute Gasteiger partial charge is 0.573 e. The van der Waals surface area contributed by atoms with Gasteiger partial charge in [-0.2, -0.15) is 0 Å². The molecule has 0 radical (unpaired) electrons. The Bertz CT molecular complexity index is 550. The van der Waals surface area contributed by atoms with Crippen LogP contribution in [0, 0.1) is 0 Å². The van der Waals surface area contributed by atoms with Crippen LogP contribution in [0.1, 0.15) is 19.4 Å². The maximum atomic E-state index is 12.3. The number of hydrogen-bond acceptors (Lipinski definition) is 2. The number of alkyl halides is 3. The van der Waals surface area contributed by atoms with Crippen molar-refractivity contribution >= 4 is 0 Å². The molecule has 0 unspecified atom stereocenters. The Morgan fingerprint density at radius 1 is 0.952 bits per heavy atom. The van der Waals surface area contributed by atoms with Gasteiger partial charge in [-0.1, -0.05) is 56.3 Å². The molecule has 2 rings (SSSR count). The number of hydrogen-bond donors (Lipinski definition) is 1. The molecule has 5 heteroatoms. The van der Waals surface area contributed by atoms with Crippen molar-refractivity contribution in [3.8, 4) is 16.9 Å². The smallest absolute Gasteiger partial charge is 0.405 e. The van der Waals surface area contributed by atoms with Gasteiger partial charge in [0.05, 0.1) is 0 Å². The highest BCUT2D eigenvalue weighted by molar-refractivity contribution is 5.70. The molecule has 114 valence electrons. The summed E-state index contributed by atoms with van der Waals surface area (Å²) < 4.78 is 41.0. The standard InChI is InChI=1S/C14H12F3NO.C2H6/c15-14(16,17)19-13-4-2-1-3-12(13)11-7-5-10(9-18)6-8-11;1-2/h1-8H,9,18H2;1-2H3. The Hall–Kier alpha value is -2.01. The summed E-state index contributed by atoms with van der Waals surface area (Å²) in [6.45, 7) is 4.39. The van der Waals surface area contributed by atoms with Gasteiger partial charge < -0.3 is 10.5 Å². The zero-order chi connectivity index (χ0) is 15.9. The van der Waals surface area contributed by atoms with Crippen LogP contribution >= 0.6 is 0 Å². The third-order valence-electron chi connectivity index (χ3n) is 2.61. The van der Waals surface area contributed by atoms with Crippen molar-refractivity contribution in [1.29, 1.82) is 0 Å². The first-order valence-electron chi connectivity index (χ1n) is 6.64. The van der Waals surface area contributed by atoms with E-state index in [-0.39, 0.29) is 5.75 Å². The van der Waals surface area contributed by atoms with Crippen LogP contribution in [0.5, 0.6) is 5.75 Å². The Morgan fingerprint density at radius 2 is 1.52 bits per heavy atom. The predicted molar refractivity (Wildman–Crippen MR) is 77.8 cm³/mol. The van der Waals surface area contributed by atoms with Crippen molar-refractivity contribution in [2.75, 3.05) is 0 Å². The fourth-order valence-electron chi connectivity index (χ4n) is 1.74. The summed E-state index contributed by atoms with van der Waals surface area (Å²) in [6.07, 6.45) is -4.70. The van der Waals surface area contributed by atoms with Crippen molar-refractivity contribution in [2.24, 2.45) is 5.73 Å². The molecular formula is C16H18F3NO. The van der Waals surface area contributed by atoms with E-state index in [2.05, 4.69) is 4.74 Å². The summed E-state index contributed by atoms with van der Waals surface area (Å²) in [6, 6.07) is 13.0. The maximum Gasteiger partial charge on any atom is 0.573 e. The number of para-hydroxylation sites is 1. The lowest BCUT2D eigenvalue weighted by Gasteiger charge is -2.13. The number of rotatable bonds is 3. The normalized spacial score (nSPS) is 10.6. The molecule has 2 aromatic rings. The van der Waals surface area contributed by atoms with E-state index in [1.54, 1.807) is 36.4 Å². The Kier molecular flexibility index (Phi) is 6.24. The summed E-state index contributed by atoms with van der Waals surface area (Å²) in [7, 11) is 0. The highest BCUT2D eigenvalue weighted by Crippen LogP contribution is 2.33. The first-order chi connectivity index (χ1) is 9.99. The van der Waals surface area contributed by atoms with Gasteiger partial charge in [0.1, 0.15) is 5.75 Å². The molecule has 0 aliphatic heterocycles. The third-order valence-corrected chi connectivity index (χ3v) is 2.61. The molecule has 2 nitrogen and oxygen atoms in total. The number of benzene rings is 2. The Balaban J connectivity index is 0.00000106. The Morgan fingerprint density at radius 3 is 2.05 bits per heavy atom. The summed E-state index contributed by atoms with van der Waals surface area (Å²) in [5.41, 5.74) is 7.44. The van der Waals surface area contributed by atoms with Crippen LogP contribution in [0.3, 0.4) is 0 Å². The first-order valence-corrected chi connectivity index (χ1v) is 6.64. The fourth-order valence-corrected chi connectivity index (χ4v) is 1.74. The number of ether oxygens (including phenoxy) is 1. The van der Waals surface area contributed by atoms with Crippen LogP contribution in [0.2, 0.25) is 0 Å². The van der Waals surface area contributed by atoms with E-state index < -0.39 is 6.36 Å². The van der Waals surface area contributed by atoms with E-state index in [1.165, 1.54) is 12.1 Å². The van der Waals surface area contributed by atoms with E-state index in [0.717, 1.165) is 5.56 Å². The highest BCUT2D eigenvalue weighted by atomic mass is 19.4. The zero-order valence-electron chi connectivity index (χ0n) is 11.9. The van der Waals surface area contributed by atoms with Crippen molar-refractivity contribution in [3.63, 3.8) is 0 Å².